The summed E-state index contributed by atoms with van der Waals surface area (Å²) >= 11 is 0. The van der Waals surface area contributed by atoms with Gasteiger partial charge in [0, 0.05) is 33.3 Å². The Hall–Kier alpha value is -0.810. The normalized spacial score (nSPS) is 21.8. The van der Waals surface area contributed by atoms with E-state index >= 15 is 0 Å². The Morgan fingerprint density at radius 1 is 1.38 bits per heavy atom. The maximum Gasteiger partial charge on any atom is 0.190 e. The molecule has 0 radical (unpaired) electrons. The largest absolute Gasteiger partial charge is 0.378 e. The van der Waals surface area contributed by atoms with Gasteiger partial charge in [0.2, 0.25) is 0 Å². The molecule has 5 nitrogen and oxygen atoms in total. The molecule has 0 aromatic rings. The van der Waals surface area contributed by atoms with Crippen LogP contribution >= 0.6 is 0 Å². The first-order chi connectivity index (χ1) is 10.1. The maximum absolute atomic E-state index is 5.77. The van der Waals surface area contributed by atoms with Gasteiger partial charge in [0.15, 0.2) is 5.96 Å². The van der Waals surface area contributed by atoms with Gasteiger partial charge in [0.1, 0.15) is 0 Å². The van der Waals surface area contributed by atoms with Gasteiger partial charge in [-0.15, -0.1) is 0 Å². The minimum Gasteiger partial charge on any atom is -0.378 e. The lowest BCUT2D eigenvalue weighted by atomic mass is 10.0. The lowest BCUT2D eigenvalue weighted by Crippen LogP contribution is -2.41. The summed E-state index contributed by atoms with van der Waals surface area (Å²) in [6.07, 6.45) is 2.61. The van der Waals surface area contributed by atoms with Gasteiger partial charge in [-0.05, 0) is 45.2 Å². The van der Waals surface area contributed by atoms with Crippen molar-refractivity contribution in [2.75, 3.05) is 46.9 Å². The van der Waals surface area contributed by atoms with E-state index in [1.54, 1.807) is 0 Å². The summed E-state index contributed by atoms with van der Waals surface area (Å²) in [5.41, 5.74) is 0. The van der Waals surface area contributed by atoms with E-state index in [9.17, 15) is 0 Å². The van der Waals surface area contributed by atoms with Crippen LogP contribution in [0.25, 0.3) is 0 Å². The third kappa shape index (κ3) is 7.14. The number of hydrogen-bond acceptors (Lipinski definition) is 3. The average Bonchev–Trinajstić information content (AvgIpc) is 2.86. The highest BCUT2D eigenvalue weighted by molar-refractivity contribution is 5.79. The third-order valence-corrected chi connectivity index (χ3v) is 4.12. The molecule has 124 valence electrons. The molecule has 1 fully saturated rings. The third-order valence-electron chi connectivity index (χ3n) is 4.12. The van der Waals surface area contributed by atoms with Crippen molar-refractivity contribution in [1.29, 1.82) is 0 Å². The molecular formula is C16H34N4O. The van der Waals surface area contributed by atoms with E-state index in [4.69, 9.17) is 4.74 Å². The van der Waals surface area contributed by atoms with Crippen LogP contribution in [0.2, 0.25) is 0 Å². The van der Waals surface area contributed by atoms with E-state index in [1.165, 1.54) is 19.5 Å². The minimum atomic E-state index is 0.323. The van der Waals surface area contributed by atoms with Crippen molar-refractivity contribution in [3.05, 3.63) is 0 Å². The standard InChI is InChI=1S/C16H34N4O/c1-6-21-15(13(2)3)7-9-18-16(17-4)19-11-14-8-10-20(5)12-14/h13-15H,6-12H2,1-5H3,(H2,17,18,19). The van der Waals surface area contributed by atoms with Gasteiger partial charge < -0.3 is 20.3 Å². The second-order valence-corrected chi connectivity index (χ2v) is 6.32. The number of nitrogens with one attached hydrogen (secondary N) is 2. The number of rotatable bonds is 8. The first-order valence-corrected chi connectivity index (χ1v) is 8.31. The first kappa shape index (κ1) is 18.2. The van der Waals surface area contributed by atoms with Gasteiger partial charge in [0.05, 0.1) is 6.10 Å². The fraction of sp³-hybridized carbons (Fsp3) is 0.938. The van der Waals surface area contributed by atoms with Crippen molar-refractivity contribution in [2.45, 2.75) is 39.7 Å². The van der Waals surface area contributed by atoms with E-state index in [0.29, 0.717) is 12.0 Å². The zero-order valence-electron chi connectivity index (χ0n) is 14.5. The molecule has 5 heteroatoms. The molecule has 2 unspecified atom stereocenters. The SMILES string of the molecule is CCOC(CCNC(=NC)NCC1CCN(C)C1)C(C)C. The monoisotopic (exact) mass is 298 g/mol. The lowest BCUT2D eigenvalue weighted by Gasteiger charge is -2.22. The Kier molecular flexibility index (Phi) is 8.69. The lowest BCUT2D eigenvalue weighted by molar-refractivity contribution is 0.0258. The zero-order valence-corrected chi connectivity index (χ0v) is 14.5. The van der Waals surface area contributed by atoms with Crippen LogP contribution < -0.4 is 10.6 Å². The van der Waals surface area contributed by atoms with Crippen molar-refractivity contribution >= 4 is 5.96 Å². The average molecular weight is 298 g/mol. The second-order valence-electron chi connectivity index (χ2n) is 6.32. The number of aliphatic imine (C=N–C) groups is 1. The fourth-order valence-corrected chi connectivity index (χ4v) is 2.81. The van der Waals surface area contributed by atoms with Crippen LogP contribution in [0.3, 0.4) is 0 Å². The topological polar surface area (TPSA) is 48.9 Å². The molecule has 1 saturated heterocycles. The summed E-state index contributed by atoms with van der Waals surface area (Å²) in [5.74, 6) is 2.19. The van der Waals surface area contributed by atoms with Gasteiger partial charge in [-0.1, -0.05) is 13.8 Å². The molecule has 0 bridgehead atoms. The first-order valence-electron chi connectivity index (χ1n) is 8.31. The molecule has 21 heavy (non-hydrogen) atoms. The number of guanidine groups is 1. The molecule has 1 aliphatic heterocycles. The van der Waals surface area contributed by atoms with Gasteiger partial charge in [-0.25, -0.2) is 0 Å². The van der Waals surface area contributed by atoms with Gasteiger partial charge >= 0.3 is 0 Å². The quantitative estimate of drug-likeness (QED) is 0.527. The fourth-order valence-electron chi connectivity index (χ4n) is 2.81. The van der Waals surface area contributed by atoms with Crippen molar-refractivity contribution in [3.63, 3.8) is 0 Å². The molecule has 0 aliphatic carbocycles. The minimum absolute atomic E-state index is 0.323. The number of nitrogens with zero attached hydrogens (tertiary/aromatic N) is 2. The van der Waals surface area contributed by atoms with Crippen LogP contribution in [0, 0.1) is 11.8 Å². The second kappa shape index (κ2) is 10.0. The highest BCUT2D eigenvalue weighted by atomic mass is 16.5. The molecule has 0 amide bonds. The Morgan fingerprint density at radius 3 is 2.67 bits per heavy atom. The number of likely N-dealkylation sites (tertiary alicyclic amines) is 1. The summed E-state index contributed by atoms with van der Waals surface area (Å²) < 4.78 is 5.77. The number of ether oxygens (including phenoxy) is 1. The smallest absolute Gasteiger partial charge is 0.190 e. The summed E-state index contributed by atoms with van der Waals surface area (Å²) in [7, 11) is 4.02. The molecule has 0 aromatic carbocycles. The van der Waals surface area contributed by atoms with E-state index in [-0.39, 0.29) is 0 Å². The van der Waals surface area contributed by atoms with Crippen LogP contribution in [-0.2, 0) is 4.74 Å². The highest BCUT2D eigenvalue weighted by Gasteiger charge is 2.19. The Morgan fingerprint density at radius 2 is 2.14 bits per heavy atom. The number of hydrogen-bond donors (Lipinski definition) is 2. The Balaban J connectivity index is 2.21. The van der Waals surface area contributed by atoms with E-state index in [0.717, 1.165) is 38.0 Å². The molecule has 0 spiro atoms. The van der Waals surface area contributed by atoms with Crippen molar-refractivity contribution in [1.82, 2.24) is 15.5 Å². The summed E-state index contributed by atoms with van der Waals surface area (Å²) in [5, 5.41) is 6.83. The summed E-state index contributed by atoms with van der Waals surface area (Å²) in [4.78, 5) is 6.68. The highest BCUT2D eigenvalue weighted by Crippen LogP contribution is 2.12. The van der Waals surface area contributed by atoms with Gasteiger partial charge in [-0.3, -0.25) is 4.99 Å². The molecular weight excluding hydrogens is 264 g/mol. The predicted molar refractivity (Wildman–Crippen MR) is 89.8 cm³/mol. The van der Waals surface area contributed by atoms with E-state index in [2.05, 4.69) is 48.3 Å². The van der Waals surface area contributed by atoms with Crippen LogP contribution in [0.5, 0.6) is 0 Å². The molecule has 1 heterocycles. The molecule has 0 saturated carbocycles. The Bertz CT molecular complexity index is 307. The van der Waals surface area contributed by atoms with E-state index in [1.807, 2.05) is 7.05 Å². The van der Waals surface area contributed by atoms with Crippen molar-refractivity contribution in [3.8, 4) is 0 Å². The van der Waals surface area contributed by atoms with Crippen LogP contribution in [0.1, 0.15) is 33.6 Å². The van der Waals surface area contributed by atoms with Crippen LogP contribution in [0.4, 0.5) is 0 Å². The predicted octanol–water partition coefficient (Wildman–Crippen LogP) is 1.55. The summed E-state index contributed by atoms with van der Waals surface area (Å²) in [6.45, 7) is 11.6. The molecule has 0 aromatic heterocycles. The molecule has 2 N–H and O–H groups in total. The molecule has 1 rings (SSSR count). The van der Waals surface area contributed by atoms with Crippen LogP contribution in [0.15, 0.2) is 4.99 Å². The maximum atomic E-state index is 5.77. The molecule has 1 aliphatic rings. The zero-order chi connectivity index (χ0) is 15.7. The molecule has 2 atom stereocenters. The van der Waals surface area contributed by atoms with Gasteiger partial charge in [0.25, 0.3) is 0 Å². The van der Waals surface area contributed by atoms with E-state index < -0.39 is 0 Å². The van der Waals surface area contributed by atoms with Crippen molar-refractivity contribution < 1.29 is 4.74 Å². The van der Waals surface area contributed by atoms with Crippen molar-refractivity contribution in [2.24, 2.45) is 16.8 Å². The van der Waals surface area contributed by atoms with Crippen LogP contribution in [-0.4, -0.2) is 63.8 Å². The summed E-state index contributed by atoms with van der Waals surface area (Å²) in [6, 6.07) is 0. The Labute approximate surface area is 130 Å². The van der Waals surface area contributed by atoms with Gasteiger partial charge in [-0.2, -0.15) is 0 Å².